The molecule has 1 saturated heterocycles. The zero-order chi connectivity index (χ0) is 11.1. The molecule has 1 N–H and O–H groups in total. The van der Waals surface area contributed by atoms with Gasteiger partial charge in [0.05, 0.1) is 25.2 Å². The average molecular weight is 215 g/mol. The average Bonchev–Trinajstić information content (AvgIpc) is 2.64. The first-order valence-electron chi connectivity index (χ1n) is 5.71. The fraction of sp³-hybridized carbons (Fsp3) is 0.909. The Morgan fingerprint density at radius 2 is 2.33 bits per heavy atom. The molecule has 0 aliphatic carbocycles. The highest BCUT2D eigenvalue weighted by Crippen LogP contribution is 2.23. The topological polar surface area (TPSA) is 47.6 Å². The van der Waals surface area contributed by atoms with Crippen molar-refractivity contribution in [2.24, 2.45) is 0 Å². The minimum atomic E-state index is -0.178. The maximum Gasteiger partial charge on any atom is 0.307 e. The summed E-state index contributed by atoms with van der Waals surface area (Å²) in [5.74, 6) is -0.133. The summed E-state index contributed by atoms with van der Waals surface area (Å²) in [7, 11) is 0. The van der Waals surface area contributed by atoms with E-state index in [2.05, 4.69) is 12.2 Å². The fourth-order valence-corrected chi connectivity index (χ4v) is 1.83. The summed E-state index contributed by atoms with van der Waals surface area (Å²) >= 11 is 0. The Morgan fingerprint density at radius 3 is 2.87 bits per heavy atom. The van der Waals surface area contributed by atoms with E-state index in [4.69, 9.17) is 9.47 Å². The molecule has 0 bridgehead atoms. The van der Waals surface area contributed by atoms with Crippen LogP contribution < -0.4 is 5.32 Å². The van der Waals surface area contributed by atoms with Crippen molar-refractivity contribution in [2.75, 3.05) is 26.4 Å². The molecule has 1 unspecified atom stereocenters. The van der Waals surface area contributed by atoms with Gasteiger partial charge in [0.1, 0.15) is 0 Å². The van der Waals surface area contributed by atoms with Crippen LogP contribution in [-0.2, 0) is 14.3 Å². The smallest absolute Gasteiger partial charge is 0.307 e. The molecule has 4 nitrogen and oxygen atoms in total. The lowest BCUT2D eigenvalue weighted by Gasteiger charge is -2.27. The van der Waals surface area contributed by atoms with E-state index in [1.165, 1.54) is 0 Å². The second-order valence-corrected chi connectivity index (χ2v) is 3.99. The van der Waals surface area contributed by atoms with Gasteiger partial charge in [0.2, 0.25) is 0 Å². The SMILES string of the molecule is CCCNC1(CC(=O)OCC)CCOC1. The van der Waals surface area contributed by atoms with E-state index in [-0.39, 0.29) is 11.5 Å². The first-order chi connectivity index (χ1) is 7.22. The lowest BCUT2D eigenvalue weighted by atomic mass is 9.94. The quantitative estimate of drug-likeness (QED) is 0.674. The normalized spacial score (nSPS) is 25.5. The predicted octanol–water partition coefficient (Wildman–Crippen LogP) is 1.10. The molecule has 4 heteroatoms. The van der Waals surface area contributed by atoms with Crippen molar-refractivity contribution in [3.05, 3.63) is 0 Å². The predicted molar refractivity (Wildman–Crippen MR) is 57.7 cm³/mol. The Hall–Kier alpha value is -0.610. The van der Waals surface area contributed by atoms with Crippen LogP contribution in [0.5, 0.6) is 0 Å². The van der Waals surface area contributed by atoms with Crippen LogP contribution in [0.3, 0.4) is 0 Å². The van der Waals surface area contributed by atoms with Gasteiger partial charge in [-0.1, -0.05) is 6.92 Å². The summed E-state index contributed by atoms with van der Waals surface area (Å²) < 4.78 is 10.3. The molecule has 1 aliphatic rings. The van der Waals surface area contributed by atoms with Crippen LogP contribution in [0.4, 0.5) is 0 Å². The van der Waals surface area contributed by atoms with Gasteiger partial charge < -0.3 is 14.8 Å². The molecule has 15 heavy (non-hydrogen) atoms. The zero-order valence-corrected chi connectivity index (χ0v) is 9.67. The standard InChI is InChI=1S/C11H21NO3/c1-3-6-12-11(5-7-14-9-11)8-10(13)15-4-2/h12H,3-9H2,1-2H3. The highest BCUT2D eigenvalue weighted by atomic mass is 16.5. The summed E-state index contributed by atoms with van der Waals surface area (Å²) in [5, 5.41) is 3.41. The first-order valence-corrected chi connectivity index (χ1v) is 5.71. The van der Waals surface area contributed by atoms with E-state index in [0.717, 1.165) is 26.0 Å². The minimum Gasteiger partial charge on any atom is -0.466 e. The molecule has 0 spiro atoms. The molecule has 1 heterocycles. The Morgan fingerprint density at radius 1 is 1.53 bits per heavy atom. The molecule has 0 amide bonds. The lowest BCUT2D eigenvalue weighted by Crippen LogP contribution is -2.48. The van der Waals surface area contributed by atoms with Crippen LogP contribution >= 0.6 is 0 Å². The van der Waals surface area contributed by atoms with E-state index in [9.17, 15) is 4.79 Å². The lowest BCUT2D eigenvalue weighted by molar-refractivity contribution is -0.144. The van der Waals surface area contributed by atoms with Crippen LogP contribution in [0.25, 0.3) is 0 Å². The van der Waals surface area contributed by atoms with Gasteiger partial charge in [-0.3, -0.25) is 4.79 Å². The molecule has 88 valence electrons. The summed E-state index contributed by atoms with van der Waals surface area (Å²) in [6.45, 7) is 6.66. The van der Waals surface area contributed by atoms with Gasteiger partial charge in [-0.15, -0.1) is 0 Å². The van der Waals surface area contributed by atoms with E-state index in [1.807, 2.05) is 6.92 Å². The number of rotatable bonds is 6. The van der Waals surface area contributed by atoms with Gasteiger partial charge in [0, 0.05) is 6.61 Å². The second kappa shape index (κ2) is 6.08. The highest BCUT2D eigenvalue weighted by Gasteiger charge is 2.36. The van der Waals surface area contributed by atoms with Crippen molar-refractivity contribution < 1.29 is 14.3 Å². The van der Waals surface area contributed by atoms with Crippen LogP contribution in [-0.4, -0.2) is 37.9 Å². The molecule has 0 aromatic heterocycles. The largest absolute Gasteiger partial charge is 0.466 e. The molecule has 0 radical (unpaired) electrons. The molecule has 1 fully saturated rings. The van der Waals surface area contributed by atoms with Gasteiger partial charge in [-0.2, -0.15) is 0 Å². The van der Waals surface area contributed by atoms with Crippen LogP contribution in [0.15, 0.2) is 0 Å². The molecule has 0 saturated carbocycles. The van der Waals surface area contributed by atoms with Crippen molar-refractivity contribution >= 4 is 5.97 Å². The Labute approximate surface area is 91.3 Å². The molecule has 1 aliphatic heterocycles. The van der Waals surface area contributed by atoms with Crippen molar-refractivity contribution in [1.82, 2.24) is 5.32 Å². The third kappa shape index (κ3) is 3.80. The number of hydrogen-bond donors (Lipinski definition) is 1. The minimum absolute atomic E-state index is 0.133. The number of nitrogens with one attached hydrogen (secondary N) is 1. The van der Waals surface area contributed by atoms with Crippen molar-refractivity contribution in [3.8, 4) is 0 Å². The van der Waals surface area contributed by atoms with E-state index in [0.29, 0.717) is 19.6 Å². The maximum atomic E-state index is 11.4. The van der Waals surface area contributed by atoms with Crippen molar-refractivity contribution in [3.63, 3.8) is 0 Å². The number of carbonyl (C=O) groups is 1. The van der Waals surface area contributed by atoms with Gasteiger partial charge in [-0.25, -0.2) is 0 Å². The molecular weight excluding hydrogens is 194 g/mol. The number of carbonyl (C=O) groups excluding carboxylic acids is 1. The highest BCUT2D eigenvalue weighted by molar-refractivity contribution is 5.71. The number of hydrogen-bond acceptors (Lipinski definition) is 4. The van der Waals surface area contributed by atoms with Gasteiger partial charge in [0.25, 0.3) is 0 Å². The molecule has 0 aromatic carbocycles. The van der Waals surface area contributed by atoms with Crippen LogP contribution in [0.2, 0.25) is 0 Å². The summed E-state index contributed by atoms with van der Waals surface area (Å²) in [6.07, 6.45) is 2.37. The summed E-state index contributed by atoms with van der Waals surface area (Å²) in [6, 6.07) is 0. The zero-order valence-electron chi connectivity index (χ0n) is 9.67. The number of ether oxygens (including phenoxy) is 2. The summed E-state index contributed by atoms with van der Waals surface area (Å²) in [5.41, 5.74) is -0.178. The van der Waals surface area contributed by atoms with Crippen molar-refractivity contribution in [2.45, 2.75) is 38.6 Å². The Bertz CT molecular complexity index is 200. The first kappa shape index (κ1) is 12.5. The van der Waals surface area contributed by atoms with E-state index >= 15 is 0 Å². The van der Waals surface area contributed by atoms with Gasteiger partial charge in [0.15, 0.2) is 0 Å². The third-order valence-corrected chi connectivity index (χ3v) is 2.64. The van der Waals surface area contributed by atoms with Gasteiger partial charge in [-0.05, 0) is 26.3 Å². The molecular formula is C11H21NO3. The third-order valence-electron chi connectivity index (χ3n) is 2.64. The van der Waals surface area contributed by atoms with E-state index < -0.39 is 0 Å². The molecule has 1 atom stereocenters. The van der Waals surface area contributed by atoms with Crippen molar-refractivity contribution in [1.29, 1.82) is 0 Å². The fourth-order valence-electron chi connectivity index (χ4n) is 1.83. The van der Waals surface area contributed by atoms with Crippen LogP contribution in [0.1, 0.15) is 33.1 Å². The number of esters is 1. The second-order valence-electron chi connectivity index (χ2n) is 3.99. The van der Waals surface area contributed by atoms with E-state index in [1.54, 1.807) is 0 Å². The molecule has 1 rings (SSSR count). The summed E-state index contributed by atoms with van der Waals surface area (Å²) in [4.78, 5) is 11.4. The Kier molecular flexibility index (Phi) is 5.05. The Balaban J connectivity index is 2.45. The maximum absolute atomic E-state index is 11.4. The van der Waals surface area contributed by atoms with Gasteiger partial charge >= 0.3 is 5.97 Å². The monoisotopic (exact) mass is 215 g/mol. The van der Waals surface area contributed by atoms with Crippen LogP contribution in [0, 0.1) is 0 Å². The molecule has 0 aromatic rings.